The van der Waals surface area contributed by atoms with Crippen molar-refractivity contribution in [3.8, 4) is 11.1 Å². The highest BCUT2D eigenvalue weighted by atomic mass is 35.5. The third-order valence-corrected chi connectivity index (χ3v) is 2.67. The number of nitrogen functional groups attached to an aromatic ring is 1. The molecule has 1 aromatic heterocycles. The Morgan fingerprint density at radius 2 is 1.94 bits per heavy atom. The van der Waals surface area contributed by atoms with Gasteiger partial charge in [0.15, 0.2) is 0 Å². The van der Waals surface area contributed by atoms with Crippen LogP contribution in [0, 0.1) is 0 Å². The van der Waals surface area contributed by atoms with Gasteiger partial charge >= 0.3 is 7.12 Å². The summed E-state index contributed by atoms with van der Waals surface area (Å²) in [5, 5.41) is 18.6. The number of anilines is 1. The van der Waals surface area contributed by atoms with E-state index >= 15 is 0 Å². The van der Waals surface area contributed by atoms with E-state index in [4.69, 9.17) is 27.4 Å². The Balaban J connectivity index is 2.49. The molecule has 0 spiro atoms. The Kier molecular flexibility index (Phi) is 3.33. The SMILES string of the molecule is Nc1ccc(-c2cncc(B(O)O)c2)c(Cl)c1. The van der Waals surface area contributed by atoms with Crippen LogP contribution in [0.3, 0.4) is 0 Å². The van der Waals surface area contributed by atoms with E-state index in [1.54, 1.807) is 30.5 Å². The number of halogens is 1. The van der Waals surface area contributed by atoms with E-state index in [-0.39, 0.29) is 0 Å². The minimum absolute atomic E-state index is 0.315. The molecule has 0 radical (unpaired) electrons. The molecule has 4 N–H and O–H groups in total. The van der Waals surface area contributed by atoms with Crippen molar-refractivity contribution in [1.82, 2.24) is 4.98 Å². The van der Waals surface area contributed by atoms with E-state index in [2.05, 4.69) is 4.98 Å². The molecule has 0 saturated carbocycles. The van der Waals surface area contributed by atoms with Gasteiger partial charge in [0, 0.05) is 34.7 Å². The lowest BCUT2D eigenvalue weighted by atomic mass is 9.80. The predicted octanol–water partition coefficient (Wildman–Crippen LogP) is 0.664. The van der Waals surface area contributed by atoms with Gasteiger partial charge in [-0.1, -0.05) is 23.7 Å². The first-order chi connectivity index (χ1) is 8.08. The summed E-state index contributed by atoms with van der Waals surface area (Å²) in [6.07, 6.45) is 2.99. The molecule has 0 aliphatic carbocycles. The summed E-state index contributed by atoms with van der Waals surface area (Å²) in [5.74, 6) is 0. The summed E-state index contributed by atoms with van der Waals surface area (Å²) in [6, 6.07) is 6.75. The quantitative estimate of drug-likeness (QED) is 0.539. The standard InChI is InChI=1S/C11H10BClN2O2/c13-11-4-9(14)1-2-10(11)7-3-8(12(16)17)6-15-5-7/h1-6,16-17H,14H2. The highest BCUT2D eigenvalue weighted by molar-refractivity contribution is 6.58. The Hall–Kier alpha value is -1.56. The number of rotatable bonds is 2. The fourth-order valence-electron chi connectivity index (χ4n) is 1.51. The van der Waals surface area contributed by atoms with Gasteiger partial charge in [0.05, 0.1) is 5.02 Å². The van der Waals surface area contributed by atoms with E-state index < -0.39 is 7.12 Å². The summed E-state index contributed by atoms with van der Waals surface area (Å²) in [7, 11) is -1.55. The van der Waals surface area contributed by atoms with Gasteiger partial charge in [-0.25, -0.2) is 0 Å². The van der Waals surface area contributed by atoms with Gasteiger partial charge in [0.1, 0.15) is 0 Å². The normalized spacial score (nSPS) is 10.3. The summed E-state index contributed by atoms with van der Waals surface area (Å²) < 4.78 is 0. The summed E-state index contributed by atoms with van der Waals surface area (Å²) in [5.41, 5.74) is 7.95. The van der Waals surface area contributed by atoms with Crippen LogP contribution in [0.2, 0.25) is 5.02 Å². The molecular formula is C11H10BClN2O2. The van der Waals surface area contributed by atoms with Crippen LogP contribution in [0.4, 0.5) is 5.69 Å². The Morgan fingerprint density at radius 1 is 1.18 bits per heavy atom. The van der Waals surface area contributed by atoms with Crippen LogP contribution in [-0.4, -0.2) is 22.2 Å². The molecule has 0 aliphatic rings. The first kappa shape index (κ1) is 11.9. The minimum Gasteiger partial charge on any atom is -0.423 e. The second kappa shape index (κ2) is 4.75. The van der Waals surface area contributed by atoms with Crippen LogP contribution in [0.5, 0.6) is 0 Å². The van der Waals surface area contributed by atoms with Crippen LogP contribution in [0.1, 0.15) is 0 Å². The van der Waals surface area contributed by atoms with Gasteiger partial charge in [-0.2, -0.15) is 0 Å². The monoisotopic (exact) mass is 248 g/mol. The summed E-state index contributed by atoms with van der Waals surface area (Å²) in [6.45, 7) is 0. The summed E-state index contributed by atoms with van der Waals surface area (Å²) in [4.78, 5) is 3.94. The molecule has 86 valence electrons. The van der Waals surface area contributed by atoms with E-state index in [1.807, 2.05) is 0 Å². The molecule has 0 saturated heterocycles. The zero-order valence-corrected chi connectivity index (χ0v) is 9.59. The third kappa shape index (κ3) is 2.58. The van der Waals surface area contributed by atoms with E-state index in [0.29, 0.717) is 21.7 Å². The van der Waals surface area contributed by atoms with Gasteiger partial charge in [0.25, 0.3) is 0 Å². The molecule has 6 heteroatoms. The second-order valence-electron chi connectivity index (χ2n) is 3.62. The highest BCUT2D eigenvalue weighted by Gasteiger charge is 2.13. The van der Waals surface area contributed by atoms with Crippen LogP contribution in [-0.2, 0) is 0 Å². The van der Waals surface area contributed by atoms with Gasteiger partial charge in [-0.15, -0.1) is 0 Å². The second-order valence-corrected chi connectivity index (χ2v) is 4.03. The van der Waals surface area contributed by atoms with Crippen molar-refractivity contribution in [3.63, 3.8) is 0 Å². The molecule has 0 atom stereocenters. The molecule has 0 fully saturated rings. The van der Waals surface area contributed by atoms with Crippen molar-refractivity contribution in [1.29, 1.82) is 0 Å². The predicted molar refractivity (Wildman–Crippen MR) is 68.9 cm³/mol. The lowest BCUT2D eigenvalue weighted by molar-refractivity contribution is 0.425. The van der Waals surface area contributed by atoms with Gasteiger partial charge in [-0.05, 0) is 12.1 Å². The summed E-state index contributed by atoms with van der Waals surface area (Å²) >= 11 is 6.06. The Labute approximate surface area is 104 Å². The van der Waals surface area contributed by atoms with Crippen molar-refractivity contribution >= 4 is 29.9 Å². The van der Waals surface area contributed by atoms with Crippen LogP contribution < -0.4 is 11.2 Å². The number of pyridine rings is 1. The zero-order valence-electron chi connectivity index (χ0n) is 8.84. The maximum absolute atomic E-state index is 9.07. The van der Waals surface area contributed by atoms with Gasteiger partial charge in [-0.3, -0.25) is 4.98 Å². The average Bonchev–Trinajstić information content (AvgIpc) is 2.29. The Morgan fingerprint density at radius 3 is 2.59 bits per heavy atom. The fraction of sp³-hybridized carbons (Fsp3) is 0. The largest absolute Gasteiger partial charge is 0.490 e. The van der Waals surface area contributed by atoms with E-state index in [9.17, 15) is 0 Å². The van der Waals surface area contributed by atoms with E-state index in [0.717, 1.165) is 5.56 Å². The zero-order chi connectivity index (χ0) is 12.4. The molecule has 2 rings (SSSR count). The number of benzene rings is 1. The molecule has 0 amide bonds. The number of hydrogen-bond donors (Lipinski definition) is 3. The van der Waals surface area contributed by atoms with Gasteiger partial charge in [0.2, 0.25) is 0 Å². The Bertz CT molecular complexity index is 549. The molecule has 1 aromatic carbocycles. The number of nitrogens with zero attached hydrogens (tertiary/aromatic N) is 1. The fourth-order valence-corrected chi connectivity index (χ4v) is 1.81. The molecule has 1 heterocycles. The molecule has 2 aromatic rings. The first-order valence-corrected chi connectivity index (χ1v) is 5.32. The third-order valence-electron chi connectivity index (χ3n) is 2.36. The minimum atomic E-state index is -1.55. The van der Waals surface area contributed by atoms with Gasteiger partial charge < -0.3 is 15.8 Å². The van der Waals surface area contributed by atoms with E-state index in [1.165, 1.54) is 6.20 Å². The van der Waals surface area contributed by atoms with Crippen LogP contribution in [0.15, 0.2) is 36.7 Å². The number of nitrogens with two attached hydrogens (primary N) is 1. The van der Waals surface area contributed by atoms with Crippen molar-refractivity contribution in [3.05, 3.63) is 41.7 Å². The topological polar surface area (TPSA) is 79.4 Å². The molecule has 0 aliphatic heterocycles. The number of aromatic nitrogens is 1. The van der Waals surface area contributed by atoms with Crippen molar-refractivity contribution in [2.45, 2.75) is 0 Å². The van der Waals surface area contributed by atoms with Crippen molar-refractivity contribution in [2.24, 2.45) is 0 Å². The molecule has 4 nitrogen and oxygen atoms in total. The lowest BCUT2D eigenvalue weighted by Crippen LogP contribution is -2.30. The number of hydrogen-bond acceptors (Lipinski definition) is 4. The molecule has 17 heavy (non-hydrogen) atoms. The highest BCUT2D eigenvalue weighted by Crippen LogP contribution is 2.28. The smallest absolute Gasteiger partial charge is 0.423 e. The first-order valence-electron chi connectivity index (χ1n) is 4.94. The molecular weight excluding hydrogens is 238 g/mol. The lowest BCUT2D eigenvalue weighted by Gasteiger charge is -2.07. The van der Waals surface area contributed by atoms with Crippen LogP contribution in [0.25, 0.3) is 11.1 Å². The maximum atomic E-state index is 9.07. The van der Waals surface area contributed by atoms with Crippen molar-refractivity contribution < 1.29 is 10.0 Å². The van der Waals surface area contributed by atoms with Crippen molar-refractivity contribution in [2.75, 3.05) is 5.73 Å². The molecule has 0 bridgehead atoms. The molecule has 0 unspecified atom stereocenters. The van der Waals surface area contributed by atoms with Crippen LogP contribution >= 0.6 is 11.6 Å². The average molecular weight is 248 g/mol. The maximum Gasteiger partial charge on any atom is 0.490 e.